The van der Waals surface area contributed by atoms with Gasteiger partial charge < -0.3 is 14.2 Å². The van der Waals surface area contributed by atoms with Crippen LogP contribution in [0.15, 0.2) is 53.7 Å². The summed E-state index contributed by atoms with van der Waals surface area (Å²) in [7, 11) is -3.63. The summed E-state index contributed by atoms with van der Waals surface area (Å²) in [5.74, 6) is 2.05. The van der Waals surface area contributed by atoms with Crippen molar-refractivity contribution in [3.8, 4) is 23.2 Å². The van der Waals surface area contributed by atoms with Crippen LogP contribution < -0.4 is 14.2 Å². The SMILES string of the molecule is O=S(=O)(c1ccc2c(c1)OCCCO2)N1CCC(Oc2ccc(-n3cccn3)nn2)CC1. The minimum atomic E-state index is -3.63. The zero-order valence-corrected chi connectivity index (χ0v) is 18.1. The second-order valence-corrected chi connectivity index (χ2v) is 9.50. The number of hydrogen-bond donors (Lipinski definition) is 0. The van der Waals surface area contributed by atoms with E-state index >= 15 is 0 Å². The van der Waals surface area contributed by atoms with E-state index in [1.807, 2.05) is 0 Å². The molecule has 1 saturated heterocycles. The lowest BCUT2D eigenvalue weighted by Gasteiger charge is -2.31. The van der Waals surface area contributed by atoms with E-state index in [0.29, 0.717) is 62.3 Å². The van der Waals surface area contributed by atoms with Gasteiger partial charge in [0.1, 0.15) is 6.10 Å². The van der Waals surface area contributed by atoms with Crippen molar-refractivity contribution in [2.24, 2.45) is 0 Å². The molecule has 0 atom stereocenters. The molecule has 0 saturated carbocycles. The number of nitrogens with zero attached hydrogens (tertiary/aromatic N) is 5. The molecule has 3 aromatic rings. The number of hydrogen-bond acceptors (Lipinski definition) is 8. The van der Waals surface area contributed by atoms with Crippen LogP contribution in [-0.4, -0.2) is 65.1 Å². The lowest BCUT2D eigenvalue weighted by Crippen LogP contribution is -2.41. The van der Waals surface area contributed by atoms with Gasteiger partial charge in [-0.3, -0.25) is 0 Å². The Bertz CT molecular complexity index is 1160. The molecule has 2 aromatic heterocycles. The largest absolute Gasteiger partial charge is 0.490 e. The van der Waals surface area contributed by atoms with Crippen molar-refractivity contribution in [3.63, 3.8) is 0 Å². The molecule has 2 aliphatic rings. The number of benzene rings is 1. The predicted octanol–water partition coefficient (Wildman–Crippen LogP) is 2.06. The minimum Gasteiger partial charge on any atom is -0.490 e. The molecule has 0 amide bonds. The highest BCUT2D eigenvalue weighted by molar-refractivity contribution is 7.89. The Labute approximate surface area is 185 Å². The van der Waals surface area contributed by atoms with Gasteiger partial charge in [-0.2, -0.15) is 9.40 Å². The third-order valence-electron chi connectivity index (χ3n) is 5.41. The van der Waals surface area contributed by atoms with Crippen LogP contribution in [0.5, 0.6) is 17.4 Å². The van der Waals surface area contributed by atoms with Crippen LogP contribution in [0.1, 0.15) is 19.3 Å². The van der Waals surface area contributed by atoms with Crippen LogP contribution in [0.3, 0.4) is 0 Å². The lowest BCUT2D eigenvalue weighted by atomic mass is 10.1. The van der Waals surface area contributed by atoms with Crippen LogP contribution in [0.4, 0.5) is 0 Å². The standard InChI is InChI=1S/C21H23N5O5S/c27-32(28,17-3-4-18-19(15-17)30-14-2-13-29-18)25-11-7-16(8-12-25)31-21-6-5-20(23-24-21)26-10-1-9-22-26/h1,3-6,9-10,15-16H,2,7-8,11-14H2. The Morgan fingerprint density at radius 1 is 1.00 bits per heavy atom. The van der Waals surface area contributed by atoms with E-state index in [2.05, 4.69) is 15.3 Å². The highest BCUT2D eigenvalue weighted by Gasteiger charge is 2.31. The van der Waals surface area contributed by atoms with Crippen LogP contribution in [0.25, 0.3) is 5.82 Å². The first-order chi connectivity index (χ1) is 15.6. The fourth-order valence-corrected chi connectivity index (χ4v) is 5.20. The molecule has 5 rings (SSSR count). The lowest BCUT2D eigenvalue weighted by molar-refractivity contribution is 0.128. The van der Waals surface area contributed by atoms with Gasteiger partial charge in [-0.1, -0.05) is 0 Å². The normalized spacial score (nSPS) is 17.6. The van der Waals surface area contributed by atoms with E-state index in [9.17, 15) is 8.42 Å². The van der Waals surface area contributed by atoms with Crippen LogP contribution in [0, 0.1) is 0 Å². The predicted molar refractivity (Wildman–Crippen MR) is 114 cm³/mol. The summed E-state index contributed by atoms with van der Waals surface area (Å²) in [6.45, 7) is 1.79. The third kappa shape index (κ3) is 4.26. The van der Waals surface area contributed by atoms with Crippen molar-refractivity contribution in [1.29, 1.82) is 0 Å². The second-order valence-electron chi connectivity index (χ2n) is 7.56. The van der Waals surface area contributed by atoms with Crippen LogP contribution in [0.2, 0.25) is 0 Å². The molecule has 0 N–H and O–H groups in total. The topological polar surface area (TPSA) is 109 Å². The molecule has 0 bridgehead atoms. The molecule has 168 valence electrons. The molecule has 32 heavy (non-hydrogen) atoms. The summed E-state index contributed by atoms with van der Waals surface area (Å²) in [6, 6.07) is 10.1. The molecular weight excluding hydrogens is 434 g/mol. The van der Waals surface area contributed by atoms with E-state index < -0.39 is 10.0 Å². The van der Waals surface area contributed by atoms with Gasteiger partial charge in [0.2, 0.25) is 15.9 Å². The van der Waals surface area contributed by atoms with Crippen molar-refractivity contribution in [1.82, 2.24) is 24.3 Å². The molecule has 0 radical (unpaired) electrons. The first kappa shape index (κ1) is 20.7. The molecule has 0 aliphatic carbocycles. The molecule has 4 heterocycles. The Morgan fingerprint density at radius 2 is 1.81 bits per heavy atom. The number of rotatable bonds is 5. The Balaban J connectivity index is 1.21. The van der Waals surface area contributed by atoms with E-state index in [-0.39, 0.29) is 11.0 Å². The number of ether oxygens (including phenoxy) is 3. The molecule has 11 heteroatoms. The van der Waals surface area contributed by atoms with Gasteiger partial charge in [0.15, 0.2) is 17.3 Å². The van der Waals surface area contributed by atoms with Gasteiger partial charge in [0, 0.05) is 44.0 Å². The number of aromatic nitrogens is 4. The van der Waals surface area contributed by atoms with Gasteiger partial charge in [-0.05, 0) is 37.1 Å². The molecule has 1 aromatic carbocycles. The highest BCUT2D eigenvalue weighted by Crippen LogP contribution is 2.33. The summed E-state index contributed by atoms with van der Waals surface area (Å²) in [5.41, 5.74) is 0. The van der Waals surface area contributed by atoms with Crippen molar-refractivity contribution in [2.75, 3.05) is 26.3 Å². The maximum absolute atomic E-state index is 13.1. The minimum absolute atomic E-state index is 0.130. The highest BCUT2D eigenvalue weighted by atomic mass is 32.2. The summed E-state index contributed by atoms with van der Waals surface area (Å²) in [5, 5.41) is 12.3. The van der Waals surface area contributed by atoms with Gasteiger partial charge in [-0.15, -0.1) is 10.2 Å². The van der Waals surface area contributed by atoms with Gasteiger partial charge in [0.05, 0.1) is 18.1 Å². The monoisotopic (exact) mass is 457 g/mol. The number of fused-ring (bicyclic) bond motifs is 1. The van der Waals surface area contributed by atoms with Crippen molar-refractivity contribution in [2.45, 2.75) is 30.3 Å². The maximum Gasteiger partial charge on any atom is 0.243 e. The summed E-state index contributed by atoms with van der Waals surface area (Å²) in [6.07, 6.45) is 5.21. The Morgan fingerprint density at radius 3 is 2.53 bits per heavy atom. The van der Waals surface area contributed by atoms with Crippen molar-refractivity contribution < 1.29 is 22.6 Å². The molecule has 10 nitrogen and oxygen atoms in total. The first-order valence-corrected chi connectivity index (χ1v) is 11.9. The molecule has 1 fully saturated rings. The molecule has 0 spiro atoms. The van der Waals surface area contributed by atoms with Crippen molar-refractivity contribution >= 4 is 10.0 Å². The van der Waals surface area contributed by atoms with Gasteiger partial charge in [-0.25, -0.2) is 13.1 Å². The fourth-order valence-electron chi connectivity index (χ4n) is 3.72. The van der Waals surface area contributed by atoms with E-state index in [1.54, 1.807) is 53.5 Å². The first-order valence-electron chi connectivity index (χ1n) is 10.5. The zero-order chi connectivity index (χ0) is 22.0. The average molecular weight is 458 g/mol. The Hall–Kier alpha value is -3.18. The molecular formula is C21H23N5O5S. The van der Waals surface area contributed by atoms with Gasteiger partial charge >= 0.3 is 0 Å². The quantitative estimate of drug-likeness (QED) is 0.573. The fraction of sp³-hybridized carbons (Fsp3) is 0.381. The van der Waals surface area contributed by atoms with Crippen LogP contribution >= 0.6 is 0 Å². The maximum atomic E-state index is 13.1. The van der Waals surface area contributed by atoms with Crippen LogP contribution in [-0.2, 0) is 10.0 Å². The zero-order valence-electron chi connectivity index (χ0n) is 17.3. The van der Waals surface area contributed by atoms with E-state index in [1.165, 1.54) is 4.31 Å². The number of piperidine rings is 1. The molecule has 0 unspecified atom stereocenters. The number of sulfonamides is 1. The summed E-state index contributed by atoms with van der Waals surface area (Å²) < 4.78 is 46.5. The summed E-state index contributed by atoms with van der Waals surface area (Å²) in [4.78, 5) is 0.209. The van der Waals surface area contributed by atoms with E-state index in [4.69, 9.17) is 14.2 Å². The summed E-state index contributed by atoms with van der Waals surface area (Å²) >= 11 is 0. The Kier molecular flexibility index (Phi) is 5.66. The average Bonchev–Trinajstić information content (AvgIpc) is 3.25. The second kappa shape index (κ2) is 8.75. The van der Waals surface area contributed by atoms with Crippen molar-refractivity contribution in [3.05, 3.63) is 48.8 Å². The molecule has 2 aliphatic heterocycles. The smallest absolute Gasteiger partial charge is 0.243 e. The third-order valence-corrected chi connectivity index (χ3v) is 7.30. The van der Waals surface area contributed by atoms with Gasteiger partial charge in [0.25, 0.3) is 0 Å². The van der Waals surface area contributed by atoms with E-state index in [0.717, 1.165) is 6.42 Å².